The summed E-state index contributed by atoms with van der Waals surface area (Å²) in [4.78, 5) is 27.4. The lowest BCUT2D eigenvalue weighted by Crippen LogP contribution is -2.27. The first-order chi connectivity index (χ1) is 14.1. The van der Waals surface area contributed by atoms with Crippen molar-refractivity contribution in [1.82, 2.24) is 10.3 Å². The Kier molecular flexibility index (Phi) is 13.8. The molecule has 0 saturated carbocycles. The van der Waals surface area contributed by atoms with E-state index in [9.17, 15) is 9.59 Å². The van der Waals surface area contributed by atoms with Gasteiger partial charge in [0.05, 0.1) is 5.56 Å². The minimum atomic E-state index is -0.537. The van der Waals surface area contributed by atoms with E-state index < -0.39 is 5.91 Å². The molecule has 164 valence electrons. The molecule has 1 heterocycles. The van der Waals surface area contributed by atoms with Crippen molar-refractivity contribution < 1.29 is 9.59 Å². The van der Waals surface area contributed by atoms with Gasteiger partial charge in [-0.2, -0.15) is 0 Å². The van der Waals surface area contributed by atoms with Crippen LogP contribution in [-0.4, -0.2) is 23.3 Å². The van der Waals surface area contributed by atoms with Gasteiger partial charge in [-0.1, -0.05) is 90.9 Å². The number of hydrogen-bond acceptors (Lipinski definition) is 3. The van der Waals surface area contributed by atoms with Crippen molar-refractivity contribution in [2.24, 2.45) is 11.7 Å². The number of nitrogens with one attached hydrogen (secondary N) is 1. The first-order valence-electron chi connectivity index (χ1n) is 11.6. The summed E-state index contributed by atoms with van der Waals surface area (Å²) in [5, 5.41) is 2.98. The Morgan fingerprint density at radius 1 is 0.897 bits per heavy atom. The van der Waals surface area contributed by atoms with Crippen LogP contribution in [0.15, 0.2) is 18.3 Å². The molecule has 1 unspecified atom stereocenters. The van der Waals surface area contributed by atoms with Crippen LogP contribution in [0, 0.1) is 5.92 Å². The molecule has 1 rings (SSSR count). The number of primary amides is 1. The molecule has 5 heteroatoms. The summed E-state index contributed by atoms with van der Waals surface area (Å²) in [6.07, 6.45) is 18.0. The van der Waals surface area contributed by atoms with Crippen molar-refractivity contribution in [2.45, 2.75) is 97.3 Å². The Labute approximate surface area is 177 Å². The molecule has 2 amide bonds. The van der Waals surface area contributed by atoms with E-state index >= 15 is 0 Å². The van der Waals surface area contributed by atoms with Crippen molar-refractivity contribution in [3.8, 4) is 0 Å². The number of aromatic nitrogens is 1. The van der Waals surface area contributed by atoms with E-state index in [1.165, 1.54) is 83.2 Å². The molecule has 29 heavy (non-hydrogen) atoms. The summed E-state index contributed by atoms with van der Waals surface area (Å²) >= 11 is 0. The van der Waals surface area contributed by atoms with Gasteiger partial charge in [-0.25, -0.2) is 0 Å². The van der Waals surface area contributed by atoms with Crippen LogP contribution in [0.25, 0.3) is 0 Å². The molecule has 0 fully saturated rings. The highest BCUT2D eigenvalue weighted by Gasteiger charge is 2.12. The van der Waals surface area contributed by atoms with Gasteiger partial charge >= 0.3 is 0 Å². The van der Waals surface area contributed by atoms with Crippen LogP contribution >= 0.6 is 0 Å². The van der Waals surface area contributed by atoms with Crippen LogP contribution in [0.3, 0.4) is 0 Å². The summed E-state index contributed by atoms with van der Waals surface area (Å²) in [6, 6.07) is 3.09. The lowest BCUT2D eigenvalue weighted by molar-refractivity contribution is 0.0942. The standard InChI is InChI=1S/C24H41N3O2/c1-3-5-7-9-10-12-14-20(13-11-8-6-4-2)17-18-26-24(29)22-16-15-21(19-27-22)23(25)28/h15-16,19-20H,3-14,17-18H2,1-2H3,(H2,25,28)(H,26,29). The van der Waals surface area contributed by atoms with Gasteiger partial charge in [0.25, 0.3) is 5.91 Å². The highest BCUT2D eigenvalue weighted by molar-refractivity contribution is 5.95. The molecule has 1 aromatic rings. The van der Waals surface area contributed by atoms with Gasteiger partial charge in [-0.3, -0.25) is 14.6 Å². The van der Waals surface area contributed by atoms with Crippen molar-refractivity contribution in [2.75, 3.05) is 6.54 Å². The summed E-state index contributed by atoms with van der Waals surface area (Å²) in [5.74, 6) is -0.0427. The van der Waals surface area contributed by atoms with E-state index in [1.54, 1.807) is 12.1 Å². The average Bonchev–Trinajstić information content (AvgIpc) is 2.73. The van der Waals surface area contributed by atoms with E-state index in [2.05, 4.69) is 24.1 Å². The second-order valence-electron chi connectivity index (χ2n) is 8.11. The Bertz CT molecular complexity index is 572. The summed E-state index contributed by atoms with van der Waals surface area (Å²) in [5.41, 5.74) is 5.84. The second-order valence-corrected chi connectivity index (χ2v) is 8.11. The molecule has 0 aliphatic carbocycles. The maximum atomic E-state index is 12.3. The third kappa shape index (κ3) is 11.6. The van der Waals surface area contributed by atoms with E-state index in [-0.39, 0.29) is 5.91 Å². The fourth-order valence-corrected chi connectivity index (χ4v) is 3.66. The van der Waals surface area contributed by atoms with Gasteiger partial charge in [-0.15, -0.1) is 0 Å². The summed E-state index contributed by atoms with van der Waals surface area (Å²) in [6.45, 7) is 5.17. The molecule has 0 aromatic carbocycles. The monoisotopic (exact) mass is 403 g/mol. The Balaban J connectivity index is 2.37. The van der Waals surface area contributed by atoms with E-state index in [1.807, 2.05) is 0 Å². The highest BCUT2D eigenvalue weighted by Crippen LogP contribution is 2.21. The largest absolute Gasteiger partial charge is 0.366 e. The molecule has 0 aliphatic rings. The van der Waals surface area contributed by atoms with E-state index in [4.69, 9.17) is 5.73 Å². The van der Waals surface area contributed by atoms with Crippen LogP contribution in [0.2, 0.25) is 0 Å². The zero-order chi connectivity index (χ0) is 21.3. The Hall–Kier alpha value is -1.91. The lowest BCUT2D eigenvalue weighted by Gasteiger charge is -2.17. The molecule has 1 aromatic heterocycles. The molecule has 3 N–H and O–H groups in total. The molecule has 0 saturated heterocycles. The predicted molar refractivity (Wildman–Crippen MR) is 120 cm³/mol. The van der Waals surface area contributed by atoms with Gasteiger partial charge in [0.15, 0.2) is 0 Å². The van der Waals surface area contributed by atoms with E-state index in [0.29, 0.717) is 23.7 Å². The number of unbranched alkanes of at least 4 members (excludes halogenated alkanes) is 8. The maximum Gasteiger partial charge on any atom is 0.269 e. The minimum absolute atomic E-state index is 0.190. The predicted octanol–water partition coefficient (Wildman–Crippen LogP) is 5.64. The Morgan fingerprint density at radius 3 is 2.03 bits per heavy atom. The fourth-order valence-electron chi connectivity index (χ4n) is 3.66. The van der Waals surface area contributed by atoms with Gasteiger partial charge in [-0.05, 0) is 24.5 Å². The van der Waals surface area contributed by atoms with Gasteiger partial charge < -0.3 is 11.1 Å². The highest BCUT2D eigenvalue weighted by atomic mass is 16.2. The number of nitrogens with zero attached hydrogens (tertiary/aromatic N) is 1. The number of amides is 2. The zero-order valence-electron chi connectivity index (χ0n) is 18.5. The molecule has 0 spiro atoms. The van der Waals surface area contributed by atoms with Crippen molar-refractivity contribution in [3.05, 3.63) is 29.6 Å². The summed E-state index contributed by atoms with van der Waals surface area (Å²) in [7, 11) is 0. The molecule has 0 bridgehead atoms. The van der Waals surface area contributed by atoms with Crippen LogP contribution in [-0.2, 0) is 0 Å². The number of hydrogen-bond donors (Lipinski definition) is 2. The third-order valence-electron chi connectivity index (χ3n) is 5.55. The molecular weight excluding hydrogens is 362 g/mol. The quantitative estimate of drug-likeness (QED) is 0.330. The lowest BCUT2D eigenvalue weighted by atomic mass is 9.91. The van der Waals surface area contributed by atoms with Crippen molar-refractivity contribution in [1.29, 1.82) is 0 Å². The number of pyridine rings is 1. The van der Waals surface area contributed by atoms with Crippen LogP contribution in [0.4, 0.5) is 0 Å². The summed E-state index contributed by atoms with van der Waals surface area (Å²) < 4.78 is 0. The number of nitrogens with two attached hydrogens (primary N) is 1. The normalized spacial score (nSPS) is 11.9. The van der Waals surface area contributed by atoms with Gasteiger partial charge in [0.1, 0.15) is 5.69 Å². The van der Waals surface area contributed by atoms with Crippen LogP contribution < -0.4 is 11.1 Å². The minimum Gasteiger partial charge on any atom is -0.366 e. The second kappa shape index (κ2) is 15.9. The molecule has 0 radical (unpaired) electrons. The molecule has 1 atom stereocenters. The molecule has 5 nitrogen and oxygen atoms in total. The topological polar surface area (TPSA) is 85.1 Å². The van der Waals surface area contributed by atoms with E-state index in [0.717, 1.165) is 6.42 Å². The molecular formula is C24H41N3O2. The van der Waals surface area contributed by atoms with Crippen molar-refractivity contribution >= 4 is 11.8 Å². The fraction of sp³-hybridized carbons (Fsp3) is 0.708. The third-order valence-corrected chi connectivity index (χ3v) is 5.55. The average molecular weight is 404 g/mol. The van der Waals surface area contributed by atoms with Gasteiger partial charge in [0, 0.05) is 12.7 Å². The van der Waals surface area contributed by atoms with Crippen molar-refractivity contribution in [3.63, 3.8) is 0 Å². The Morgan fingerprint density at radius 2 is 1.48 bits per heavy atom. The van der Waals surface area contributed by atoms with Gasteiger partial charge in [0.2, 0.25) is 5.91 Å². The number of rotatable bonds is 17. The first-order valence-corrected chi connectivity index (χ1v) is 11.6. The number of carbonyl (C=O) groups excluding carboxylic acids is 2. The number of carbonyl (C=O) groups is 2. The van der Waals surface area contributed by atoms with Crippen LogP contribution in [0.1, 0.15) is 118 Å². The van der Waals surface area contributed by atoms with Crippen LogP contribution in [0.5, 0.6) is 0 Å². The maximum absolute atomic E-state index is 12.3. The smallest absolute Gasteiger partial charge is 0.269 e. The molecule has 0 aliphatic heterocycles. The zero-order valence-corrected chi connectivity index (χ0v) is 18.5. The first kappa shape index (κ1) is 25.1. The SMILES string of the molecule is CCCCCCCCC(CCCCCC)CCNC(=O)c1ccc(C(N)=O)cn1.